The van der Waals surface area contributed by atoms with Crippen LogP contribution in [-0.2, 0) is 0 Å². The van der Waals surface area contributed by atoms with Crippen LogP contribution < -0.4 is 0 Å². The average molecular weight is 225 g/mol. The van der Waals surface area contributed by atoms with Gasteiger partial charge in [-0.2, -0.15) is 0 Å². The summed E-state index contributed by atoms with van der Waals surface area (Å²) in [5, 5.41) is 0. The van der Waals surface area contributed by atoms with Crippen molar-refractivity contribution in [2.45, 2.75) is 0 Å². The maximum Gasteiger partial charge on any atom is 0.105 e. The summed E-state index contributed by atoms with van der Waals surface area (Å²) in [5.74, 6) is 0. The Hall–Kier alpha value is -1.09. The van der Waals surface area contributed by atoms with Gasteiger partial charge >= 0.3 is 0 Å². The number of imidazole rings is 1. The largest absolute Gasteiger partial charge is 0.273 e. The highest BCUT2D eigenvalue weighted by molar-refractivity contribution is 9.08. The third-order valence-corrected chi connectivity index (χ3v) is 1.56. The minimum Gasteiger partial charge on any atom is -0.273 e. The minimum absolute atomic E-state index is 1.67. The van der Waals surface area contributed by atoms with Gasteiger partial charge in [0, 0.05) is 12.4 Å². The molecule has 0 N–H and O–H groups in total. The molecule has 0 bridgehead atoms. The highest BCUT2D eigenvalue weighted by atomic mass is 79.9. The summed E-state index contributed by atoms with van der Waals surface area (Å²) in [6.45, 7) is 0. The van der Waals surface area contributed by atoms with Gasteiger partial charge in [-0.15, -0.1) is 0 Å². The normalized spacial score (nSPS) is 8.42. The van der Waals surface area contributed by atoms with E-state index >= 15 is 0 Å². The van der Waals surface area contributed by atoms with Gasteiger partial charge < -0.3 is 0 Å². The molecule has 12 heavy (non-hydrogen) atoms. The number of hydrogen-bond donors (Lipinski definition) is 0. The van der Waals surface area contributed by atoms with Gasteiger partial charge in [-0.3, -0.25) is 3.59 Å². The first-order valence-corrected chi connectivity index (χ1v) is 4.24. The van der Waals surface area contributed by atoms with E-state index in [-0.39, 0.29) is 0 Å². The van der Waals surface area contributed by atoms with Gasteiger partial charge in [0.25, 0.3) is 0 Å². The molecule has 0 spiro atoms. The van der Waals surface area contributed by atoms with Crippen molar-refractivity contribution >= 4 is 16.1 Å². The lowest BCUT2D eigenvalue weighted by Gasteiger charge is -1.72. The Morgan fingerprint density at radius 1 is 0.917 bits per heavy atom. The monoisotopic (exact) mass is 224 g/mol. The summed E-state index contributed by atoms with van der Waals surface area (Å²) >= 11 is 3.14. The number of nitrogens with zero attached hydrogens (tertiary/aromatic N) is 2. The minimum atomic E-state index is 1.67. The van der Waals surface area contributed by atoms with Gasteiger partial charge in [-0.05, 0) is 0 Å². The first-order chi connectivity index (χ1) is 5.89. The molecule has 1 aromatic heterocycles. The second-order valence-corrected chi connectivity index (χ2v) is 2.88. The molecule has 0 radical (unpaired) electrons. The lowest BCUT2D eigenvalue weighted by molar-refractivity contribution is 1.26. The first kappa shape index (κ1) is 9.00. The van der Waals surface area contributed by atoms with E-state index in [1.54, 1.807) is 22.3 Å². The third kappa shape index (κ3) is 3.93. The summed E-state index contributed by atoms with van der Waals surface area (Å²) < 4.78 is 1.70. The molecule has 0 atom stereocenters. The molecule has 0 amide bonds. The van der Waals surface area contributed by atoms with Gasteiger partial charge in [0.2, 0.25) is 0 Å². The van der Waals surface area contributed by atoms with E-state index in [0.29, 0.717) is 0 Å². The molecule has 2 aromatic rings. The summed E-state index contributed by atoms with van der Waals surface area (Å²) in [5.41, 5.74) is 0. The smallest absolute Gasteiger partial charge is 0.105 e. The SMILES string of the molecule is Brn1ccnc1.c1ccccc1. The van der Waals surface area contributed by atoms with Crippen molar-refractivity contribution in [3.8, 4) is 0 Å². The van der Waals surface area contributed by atoms with Crippen LogP contribution in [0.2, 0.25) is 0 Å². The fourth-order valence-electron chi connectivity index (χ4n) is 0.628. The zero-order valence-corrected chi connectivity index (χ0v) is 8.05. The molecule has 0 aliphatic carbocycles. The molecule has 1 aromatic carbocycles. The zero-order valence-electron chi connectivity index (χ0n) is 6.47. The Labute approximate surface area is 80.2 Å². The molecule has 0 saturated heterocycles. The van der Waals surface area contributed by atoms with Crippen LogP contribution in [0.4, 0.5) is 0 Å². The average Bonchev–Trinajstić information content (AvgIpc) is 2.60. The maximum absolute atomic E-state index is 3.74. The van der Waals surface area contributed by atoms with Gasteiger partial charge in [-0.25, -0.2) is 4.98 Å². The molecule has 0 unspecified atom stereocenters. The van der Waals surface area contributed by atoms with Crippen LogP contribution in [0.25, 0.3) is 0 Å². The molecular formula is C9H9BrN2. The summed E-state index contributed by atoms with van der Waals surface area (Å²) in [7, 11) is 0. The van der Waals surface area contributed by atoms with Gasteiger partial charge in [0.15, 0.2) is 0 Å². The fraction of sp³-hybridized carbons (Fsp3) is 0. The molecule has 62 valence electrons. The van der Waals surface area contributed by atoms with Crippen molar-refractivity contribution < 1.29 is 0 Å². The van der Waals surface area contributed by atoms with Crippen LogP contribution in [0.15, 0.2) is 55.1 Å². The van der Waals surface area contributed by atoms with E-state index in [0.717, 1.165) is 0 Å². The third-order valence-electron chi connectivity index (χ3n) is 1.14. The predicted molar refractivity (Wildman–Crippen MR) is 53.0 cm³/mol. The van der Waals surface area contributed by atoms with Crippen molar-refractivity contribution in [1.82, 2.24) is 8.58 Å². The number of benzene rings is 1. The number of aromatic nitrogens is 2. The van der Waals surface area contributed by atoms with Gasteiger partial charge in [0.1, 0.15) is 6.33 Å². The summed E-state index contributed by atoms with van der Waals surface area (Å²) in [6.07, 6.45) is 5.18. The van der Waals surface area contributed by atoms with Crippen LogP contribution in [0.3, 0.4) is 0 Å². The van der Waals surface area contributed by atoms with E-state index < -0.39 is 0 Å². The molecule has 2 nitrogen and oxygen atoms in total. The van der Waals surface area contributed by atoms with Crippen LogP contribution in [0.1, 0.15) is 0 Å². The van der Waals surface area contributed by atoms with Crippen LogP contribution in [0, 0.1) is 0 Å². The van der Waals surface area contributed by atoms with E-state index in [1.165, 1.54) is 0 Å². The van der Waals surface area contributed by atoms with Crippen LogP contribution >= 0.6 is 16.1 Å². The number of rotatable bonds is 0. The second-order valence-electron chi connectivity index (χ2n) is 2.06. The molecule has 3 heteroatoms. The van der Waals surface area contributed by atoms with E-state index in [1.807, 2.05) is 36.4 Å². The van der Waals surface area contributed by atoms with Crippen LogP contribution in [0.5, 0.6) is 0 Å². The highest BCUT2D eigenvalue weighted by Crippen LogP contribution is 1.87. The standard InChI is InChI=1S/C6H6.C3H3BrN2/c1-2-4-6-5-3-1;4-6-2-1-5-3-6/h1-6H;1-3H. The molecule has 2 rings (SSSR count). The lowest BCUT2D eigenvalue weighted by atomic mass is 10.4. The molecular weight excluding hydrogens is 216 g/mol. The van der Waals surface area contributed by atoms with Gasteiger partial charge in [0.05, 0.1) is 16.1 Å². The van der Waals surface area contributed by atoms with E-state index in [2.05, 4.69) is 21.1 Å². The van der Waals surface area contributed by atoms with Crippen molar-refractivity contribution in [3.05, 3.63) is 55.1 Å². The van der Waals surface area contributed by atoms with E-state index in [4.69, 9.17) is 0 Å². The van der Waals surface area contributed by atoms with Crippen molar-refractivity contribution in [1.29, 1.82) is 0 Å². The highest BCUT2D eigenvalue weighted by Gasteiger charge is 1.71. The Balaban J connectivity index is 0.000000120. The Morgan fingerprint density at radius 3 is 1.58 bits per heavy atom. The maximum atomic E-state index is 3.74. The van der Waals surface area contributed by atoms with Gasteiger partial charge in [-0.1, -0.05) is 36.4 Å². The predicted octanol–water partition coefficient (Wildman–Crippen LogP) is 2.73. The molecule has 0 aliphatic heterocycles. The van der Waals surface area contributed by atoms with Crippen molar-refractivity contribution in [2.75, 3.05) is 0 Å². The molecule has 1 heterocycles. The Morgan fingerprint density at radius 2 is 1.42 bits per heavy atom. The number of hydrogen-bond acceptors (Lipinski definition) is 1. The van der Waals surface area contributed by atoms with Crippen molar-refractivity contribution in [3.63, 3.8) is 0 Å². The lowest BCUT2D eigenvalue weighted by Crippen LogP contribution is -1.63. The Kier molecular flexibility index (Phi) is 4.16. The van der Waals surface area contributed by atoms with Crippen LogP contribution in [-0.4, -0.2) is 8.58 Å². The Bertz CT molecular complexity index is 252. The topological polar surface area (TPSA) is 17.8 Å². The molecule has 0 aliphatic rings. The second kappa shape index (κ2) is 5.55. The van der Waals surface area contributed by atoms with Crippen molar-refractivity contribution in [2.24, 2.45) is 0 Å². The molecule has 0 saturated carbocycles. The quantitative estimate of drug-likeness (QED) is 0.674. The fourth-order valence-corrected chi connectivity index (χ4v) is 0.839. The first-order valence-electron chi connectivity index (χ1n) is 3.54. The molecule has 0 fully saturated rings. The zero-order chi connectivity index (χ0) is 8.65. The summed E-state index contributed by atoms with van der Waals surface area (Å²) in [4.78, 5) is 3.74. The number of halogens is 1. The summed E-state index contributed by atoms with van der Waals surface area (Å²) in [6, 6.07) is 12.0. The van der Waals surface area contributed by atoms with E-state index in [9.17, 15) is 0 Å².